The van der Waals surface area contributed by atoms with Crippen molar-refractivity contribution < 1.29 is 14.7 Å². The molecule has 2 aromatic carbocycles. The molecule has 0 heterocycles. The van der Waals surface area contributed by atoms with Gasteiger partial charge in [0.1, 0.15) is 5.75 Å². The second kappa shape index (κ2) is 8.01. The van der Waals surface area contributed by atoms with Gasteiger partial charge in [-0.1, -0.05) is 40.9 Å². The van der Waals surface area contributed by atoms with Crippen molar-refractivity contribution >= 4 is 58.5 Å². The molecule has 0 aliphatic carbocycles. The lowest BCUT2D eigenvalue weighted by molar-refractivity contribution is -0.136. The van der Waals surface area contributed by atoms with E-state index in [9.17, 15) is 14.7 Å². The molecule has 0 fully saturated rings. The summed E-state index contributed by atoms with van der Waals surface area (Å²) in [7, 11) is 0. The number of aromatic hydroxyl groups is 1. The van der Waals surface area contributed by atoms with E-state index >= 15 is 0 Å². The van der Waals surface area contributed by atoms with Crippen LogP contribution in [0.1, 0.15) is 5.56 Å². The minimum atomic E-state index is -0.993. The Morgan fingerprint density at radius 1 is 1.04 bits per heavy atom. The Labute approximate surface area is 152 Å². The van der Waals surface area contributed by atoms with Crippen LogP contribution in [0.2, 0.25) is 15.1 Å². The van der Waals surface area contributed by atoms with Crippen molar-refractivity contribution in [3.63, 3.8) is 0 Å². The zero-order chi connectivity index (χ0) is 17.7. The molecular weight excluding hydrogens is 377 g/mol. The number of halogens is 3. The number of hydrazone groups is 1. The van der Waals surface area contributed by atoms with E-state index in [1.165, 1.54) is 30.5 Å². The monoisotopic (exact) mass is 385 g/mol. The van der Waals surface area contributed by atoms with Crippen molar-refractivity contribution in [2.75, 3.05) is 5.32 Å². The van der Waals surface area contributed by atoms with Gasteiger partial charge in [0.15, 0.2) is 0 Å². The minimum Gasteiger partial charge on any atom is -0.506 e. The summed E-state index contributed by atoms with van der Waals surface area (Å²) in [5.74, 6) is -2.03. The van der Waals surface area contributed by atoms with Gasteiger partial charge >= 0.3 is 11.8 Å². The Morgan fingerprint density at radius 3 is 2.50 bits per heavy atom. The highest BCUT2D eigenvalue weighted by atomic mass is 35.5. The fourth-order valence-corrected chi connectivity index (χ4v) is 2.14. The molecule has 0 radical (unpaired) electrons. The number of anilines is 1. The van der Waals surface area contributed by atoms with Gasteiger partial charge in [0, 0.05) is 0 Å². The second-order valence-electron chi connectivity index (χ2n) is 4.47. The summed E-state index contributed by atoms with van der Waals surface area (Å²) in [6.45, 7) is 0. The standard InChI is InChI=1S/C15H10Cl3N3O3/c16-9-2-1-3-11(13(9)18)20-14(23)15(24)21-19-7-8-4-5-12(22)10(17)6-8/h1-7,22H,(H,20,23)(H,21,24)/b19-7-. The first kappa shape index (κ1) is 18.1. The third-order valence-corrected chi connectivity index (χ3v) is 3.88. The Balaban J connectivity index is 1.96. The van der Waals surface area contributed by atoms with Gasteiger partial charge in [-0.15, -0.1) is 0 Å². The molecule has 24 heavy (non-hydrogen) atoms. The van der Waals surface area contributed by atoms with Crippen LogP contribution >= 0.6 is 34.8 Å². The molecule has 0 aromatic heterocycles. The number of phenols is 1. The molecule has 0 aliphatic heterocycles. The number of amides is 2. The number of benzene rings is 2. The van der Waals surface area contributed by atoms with Crippen molar-refractivity contribution in [1.29, 1.82) is 0 Å². The number of nitrogens with one attached hydrogen (secondary N) is 2. The number of hydrogen-bond acceptors (Lipinski definition) is 4. The SMILES string of the molecule is O=C(N/N=C\c1ccc(O)c(Cl)c1)C(=O)Nc1cccc(Cl)c1Cl. The quantitative estimate of drug-likeness (QED) is 0.429. The van der Waals surface area contributed by atoms with Gasteiger partial charge in [0.25, 0.3) is 0 Å². The molecule has 6 nitrogen and oxygen atoms in total. The van der Waals surface area contributed by atoms with Gasteiger partial charge in [-0.25, -0.2) is 5.43 Å². The van der Waals surface area contributed by atoms with Crippen LogP contribution in [-0.2, 0) is 9.59 Å². The molecule has 3 N–H and O–H groups in total. The highest BCUT2D eigenvalue weighted by molar-refractivity contribution is 6.45. The first-order valence-electron chi connectivity index (χ1n) is 6.45. The predicted octanol–water partition coefficient (Wildman–Crippen LogP) is 3.44. The van der Waals surface area contributed by atoms with E-state index < -0.39 is 11.8 Å². The summed E-state index contributed by atoms with van der Waals surface area (Å²) < 4.78 is 0. The van der Waals surface area contributed by atoms with E-state index in [1.807, 2.05) is 0 Å². The molecule has 0 saturated carbocycles. The van der Waals surface area contributed by atoms with Gasteiger partial charge in [-0.3, -0.25) is 9.59 Å². The molecule has 0 bridgehead atoms. The van der Waals surface area contributed by atoms with Crippen molar-refractivity contribution in [2.45, 2.75) is 0 Å². The number of carbonyl (C=O) groups is 2. The highest BCUT2D eigenvalue weighted by Gasteiger charge is 2.15. The van der Waals surface area contributed by atoms with Crippen molar-refractivity contribution in [1.82, 2.24) is 5.43 Å². The summed E-state index contributed by atoms with van der Waals surface area (Å²) in [6, 6.07) is 8.97. The van der Waals surface area contributed by atoms with Gasteiger partial charge in [0.05, 0.1) is 27.0 Å². The van der Waals surface area contributed by atoms with Gasteiger partial charge in [-0.05, 0) is 35.9 Å². The third kappa shape index (κ3) is 4.61. The average Bonchev–Trinajstić information content (AvgIpc) is 2.55. The van der Waals surface area contributed by atoms with Gasteiger partial charge in [-0.2, -0.15) is 5.10 Å². The van der Waals surface area contributed by atoms with Crippen LogP contribution in [0.25, 0.3) is 0 Å². The molecule has 0 unspecified atom stereocenters. The Kier molecular flexibility index (Phi) is 6.03. The minimum absolute atomic E-state index is 0.0735. The maximum atomic E-state index is 11.8. The molecule has 9 heteroatoms. The fourth-order valence-electron chi connectivity index (χ4n) is 1.60. The number of carbonyl (C=O) groups excluding carboxylic acids is 2. The maximum absolute atomic E-state index is 11.8. The second-order valence-corrected chi connectivity index (χ2v) is 5.66. The normalized spacial score (nSPS) is 10.6. The molecular formula is C15H10Cl3N3O3. The first-order chi connectivity index (χ1) is 11.4. The maximum Gasteiger partial charge on any atom is 0.329 e. The van der Waals surface area contributed by atoms with Crippen LogP contribution < -0.4 is 10.7 Å². The number of nitrogens with zero attached hydrogens (tertiary/aromatic N) is 1. The Bertz CT molecular complexity index is 825. The molecule has 0 aliphatic rings. The Hall–Kier alpha value is -2.28. The molecule has 124 valence electrons. The summed E-state index contributed by atoms with van der Waals surface area (Å²) >= 11 is 17.5. The average molecular weight is 387 g/mol. The summed E-state index contributed by atoms with van der Waals surface area (Å²) in [4.78, 5) is 23.4. The molecule has 2 aromatic rings. The Morgan fingerprint density at radius 2 is 1.79 bits per heavy atom. The number of hydrogen-bond donors (Lipinski definition) is 3. The zero-order valence-electron chi connectivity index (χ0n) is 11.9. The van der Waals surface area contributed by atoms with Gasteiger partial charge < -0.3 is 10.4 Å². The van der Waals surface area contributed by atoms with E-state index in [2.05, 4.69) is 15.8 Å². The van der Waals surface area contributed by atoms with E-state index in [0.29, 0.717) is 5.56 Å². The van der Waals surface area contributed by atoms with E-state index in [-0.39, 0.29) is 26.5 Å². The molecule has 0 saturated heterocycles. The van der Waals surface area contributed by atoms with Gasteiger partial charge in [0.2, 0.25) is 0 Å². The lowest BCUT2D eigenvalue weighted by Crippen LogP contribution is -2.32. The van der Waals surface area contributed by atoms with Crippen LogP contribution in [0, 0.1) is 0 Å². The highest BCUT2D eigenvalue weighted by Crippen LogP contribution is 2.29. The van der Waals surface area contributed by atoms with Crippen LogP contribution in [0.3, 0.4) is 0 Å². The summed E-state index contributed by atoms with van der Waals surface area (Å²) in [6.07, 6.45) is 1.27. The van der Waals surface area contributed by atoms with Crippen LogP contribution in [0.4, 0.5) is 5.69 Å². The number of rotatable bonds is 3. The van der Waals surface area contributed by atoms with Crippen molar-refractivity contribution in [3.8, 4) is 5.75 Å². The zero-order valence-corrected chi connectivity index (χ0v) is 14.2. The van der Waals surface area contributed by atoms with E-state index in [1.54, 1.807) is 12.1 Å². The lowest BCUT2D eigenvalue weighted by atomic mass is 10.2. The summed E-state index contributed by atoms with van der Waals surface area (Å²) in [5, 5.41) is 15.8. The molecule has 0 atom stereocenters. The van der Waals surface area contributed by atoms with Crippen molar-refractivity contribution in [2.24, 2.45) is 5.10 Å². The predicted molar refractivity (Wildman–Crippen MR) is 93.9 cm³/mol. The van der Waals surface area contributed by atoms with E-state index in [4.69, 9.17) is 34.8 Å². The largest absolute Gasteiger partial charge is 0.506 e. The molecule has 0 spiro atoms. The first-order valence-corrected chi connectivity index (χ1v) is 7.59. The van der Waals surface area contributed by atoms with E-state index in [0.717, 1.165) is 0 Å². The van der Waals surface area contributed by atoms with Crippen LogP contribution in [-0.4, -0.2) is 23.1 Å². The fraction of sp³-hybridized carbons (Fsp3) is 0. The molecule has 2 rings (SSSR count). The van der Waals surface area contributed by atoms with Crippen molar-refractivity contribution in [3.05, 3.63) is 57.0 Å². The number of phenolic OH excluding ortho intramolecular Hbond substituents is 1. The lowest BCUT2D eigenvalue weighted by Gasteiger charge is -2.06. The summed E-state index contributed by atoms with van der Waals surface area (Å²) in [5.41, 5.74) is 2.79. The smallest absolute Gasteiger partial charge is 0.329 e. The molecule has 2 amide bonds. The third-order valence-electron chi connectivity index (χ3n) is 2.76. The van der Waals surface area contributed by atoms with Crippen LogP contribution in [0.15, 0.2) is 41.5 Å². The topological polar surface area (TPSA) is 90.8 Å². The van der Waals surface area contributed by atoms with Crippen LogP contribution in [0.5, 0.6) is 5.75 Å².